The number of amides is 3. The van der Waals surface area contributed by atoms with Crippen molar-refractivity contribution >= 4 is 18.1 Å². The molecule has 3 aliphatic heterocycles. The molecular formula is C21H36N4O5. The molecule has 3 fully saturated rings. The van der Waals surface area contributed by atoms with Crippen LogP contribution < -0.4 is 0 Å². The Morgan fingerprint density at radius 3 is 2.37 bits per heavy atom. The van der Waals surface area contributed by atoms with Gasteiger partial charge in [0.05, 0.1) is 13.2 Å². The van der Waals surface area contributed by atoms with Crippen molar-refractivity contribution in [2.75, 3.05) is 46.4 Å². The van der Waals surface area contributed by atoms with Gasteiger partial charge in [-0.05, 0) is 33.1 Å². The van der Waals surface area contributed by atoms with Crippen molar-refractivity contribution in [1.82, 2.24) is 19.6 Å². The van der Waals surface area contributed by atoms with E-state index in [1.54, 1.807) is 4.90 Å². The average Bonchev–Trinajstić information content (AvgIpc) is 3.20. The van der Waals surface area contributed by atoms with E-state index in [-0.39, 0.29) is 36.2 Å². The van der Waals surface area contributed by atoms with Crippen molar-refractivity contribution in [2.45, 2.75) is 64.8 Å². The molecule has 3 heterocycles. The Bertz CT molecular complexity index is 677. The van der Waals surface area contributed by atoms with Gasteiger partial charge in [0.15, 0.2) is 0 Å². The summed E-state index contributed by atoms with van der Waals surface area (Å²) in [4.78, 5) is 45.4. The molecule has 9 nitrogen and oxygen atoms in total. The Kier molecular flexibility index (Phi) is 6.50. The highest BCUT2D eigenvalue weighted by atomic mass is 16.6. The van der Waals surface area contributed by atoms with Gasteiger partial charge < -0.3 is 24.2 Å². The number of hydrogen-bond acceptors (Lipinski definition) is 6. The normalized spacial score (nSPS) is 27.6. The number of ether oxygens (including phenoxy) is 2. The number of esters is 1. The zero-order valence-corrected chi connectivity index (χ0v) is 19.1. The van der Waals surface area contributed by atoms with Crippen LogP contribution in [0.2, 0.25) is 0 Å². The van der Waals surface area contributed by atoms with Crippen molar-refractivity contribution in [2.24, 2.45) is 5.92 Å². The van der Waals surface area contributed by atoms with Crippen molar-refractivity contribution in [3.05, 3.63) is 0 Å². The zero-order valence-electron chi connectivity index (χ0n) is 19.1. The van der Waals surface area contributed by atoms with Crippen LogP contribution in [0.25, 0.3) is 0 Å². The SMILES string of the molecule is COC(=O)[C@H]1C[C@H](N2C[C@@H]3CN(C(=O)OC(C)(C)C)CCN3C2=O)CN1CC(C)C. The van der Waals surface area contributed by atoms with Gasteiger partial charge >= 0.3 is 18.1 Å². The number of piperazine rings is 1. The van der Waals surface area contributed by atoms with E-state index in [1.165, 1.54) is 7.11 Å². The monoisotopic (exact) mass is 424 g/mol. The van der Waals surface area contributed by atoms with E-state index >= 15 is 0 Å². The van der Waals surface area contributed by atoms with Crippen LogP contribution in [0.1, 0.15) is 41.0 Å². The molecule has 0 spiro atoms. The number of urea groups is 1. The second-order valence-electron chi connectivity index (χ2n) is 9.98. The van der Waals surface area contributed by atoms with E-state index in [4.69, 9.17) is 9.47 Å². The Morgan fingerprint density at radius 2 is 1.77 bits per heavy atom. The number of carbonyl (C=O) groups is 3. The maximum Gasteiger partial charge on any atom is 0.410 e. The average molecular weight is 425 g/mol. The lowest BCUT2D eigenvalue weighted by molar-refractivity contribution is -0.146. The van der Waals surface area contributed by atoms with Gasteiger partial charge in [-0.3, -0.25) is 9.69 Å². The number of carbonyl (C=O) groups excluding carboxylic acids is 3. The molecular weight excluding hydrogens is 388 g/mol. The quantitative estimate of drug-likeness (QED) is 0.638. The Hall–Kier alpha value is -2.03. The smallest absolute Gasteiger partial charge is 0.410 e. The van der Waals surface area contributed by atoms with Crippen LogP contribution in [0.5, 0.6) is 0 Å². The molecule has 3 saturated heterocycles. The van der Waals surface area contributed by atoms with E-state index in [2.05, 4.69) is 18.7 Å². The number of fused-ring (bicyclic) bond motifs is 1. The van der Waals surface area contributed by atoms with Crippen molar-refractivity contribution in [1.29, 1.82) is 0 Å². The minimum absolute atomic E-state index is 0.00357. The summed E-state index contributed by atoms with van der Waals surface area (Å²) in [5, 5.41) is 0. The molecule has 3 amide bonds. The lowest BCUT2D eigenvalue weighted by Crippen LogP contribution is -2.54. The van der Waals surface area contributed by atoms with Gasteiger partial charge in [-0.2, -0.15) is 0 Å². The number of rotatable bonds is 4. The lowest BCUT2D eigenvalue weighted by atomic mass is 10.1. The number of hydrogen-bond donors (Lipinski definition) is 0. The molecule has 0 aromatic carbocycles. The van der Waals surface area contributed by atoms with E-state index < -0.39 is 5.60 Å². The number of likely N-dealkylation sites (tertiary alicyclic amines) is 1. The standard InChI is InChI=1S/C21H36N4O5/c1-14(2)10-23-11-15(9-17(23)18(26)29-6)25-13-16-12-22(7-8-24(16)19(25)27)20(28)30-21(3,4)5/h14-17H,7-13H2,1-6H3/t15-,16-,17+/m0/s1. The summed E-state index contributed by atoms with van der Waals surface area (Å²) in [6.45, 7) is 13.3. The molecule has 0 unspecified atom stereocenters. The fourth-order valence-electron chi connectivity index (χ4n) is 4.69. The van der Waals surface area contributed by atoms with Gasteiger partial charge in [0.1, 0.15) is 11.6 Å². The molecule has 0 saturated carbocycles. The molecule has 3 rings (SSSR count). The van der Waals surface area contributed by atoms with Crippen LogP contribution in [0, 0.1) is 5.92 Å². The van der Waals surface area contributed by atoms with Crippen molar-refractivity contribution < 1.29 is 23.9 Å². The molecule has 170 valence electrons. The highest BCUT2D eigenvalue weighted by molar-refractivity contribution is 5.80. The minimum Gasteiger partial charge on any atom is -0.468 e. The van der Waals surface area contributed by atoms with Crippen LogP contribution >= 0.6 is 0 Å². The lowest BCUT2D eigenvalue weighted by Gasteiger charge is -2.37. The van der Waals surface area contributed by atoms with Gasteiger partial charge in [0.25, 0.3) is 0 Å². The summed E-state index contributed by atoms with van der Waals surface area (Å²) in [6, 6.07) is -0.384. The minimum atomic E-state index is -0.543. The first-order valence-corrected chi connectivity index (χ1v) is 10.9. The third-order valence-corrected chi connectivity index (χ3v) is 5.93. The maximum atomic E-state index is 13.1. The second-order valence-corrected chi connectivity index (χ2v) is 9.98. The third-order valence-electron chi connectivity index (χ3n) is 5.93. The second kappa shape index (κ2) is 8.61. The summed E-state index contributed by atoms with van der Waals surface area (Å²) >= 11 is 0. The third kappa shape index (κ3) is 4.82. The molecule has 0 bridgehead atoms. The molecule has 0 N–H and O–H groups in total. The van der Waals surface area contributed by atoms with Gasteiger partial charge in [0, 0.05) is 45.3 Å². The topological polar surface area (TPSA) is 82.6 Å². The van der Waals surface area contributed by atoms with Gasteiger partial charge in [-0.25, -0.2) is 9.59 Å². The Morgan fingerprint density at radius 1 is 1.07 bits per heavy atom. The fraction of sp³-hybridized carbons (Fsp3) is 0.857. The molecule has 9 heteroatoms. The largest absolute Gasteiger partial charge is 0.468 e. The summed E-state index contributed by atoms with van der Waals surface area (Å²) in [5.41, 5.74) is -0.543. The van der Waals surface area contributed by atoms with Crippen molar-refractivity contribution in [3.8, 4) is 0 Å². The van der Waals surface area contributed by atoms with Crippen LogP contribution in [0.15, 0.2) is 0 Å². The predicted molar refractivity (Wildman–Crippen MR) is 111 cm³/mol. The molecule has 0 aromatic rings. The van der Waals surface area contributed by atoms with Gasteiger partial charge in [0.2, 0.25) is 0 Å². The summed E-state index contributed by atoms with van der Waals surface area (Å²) in [5.74, 6) is 0.178. The van der Waals surface area contributed by atoms with Gasteiger partial charge in [-0.15, -0.1) is 0 Å². The van der Waals surface area contributed by atoms with Crippen molar-refractivity contribution in [3.63, 3.8) is 0 Å². The Balaban J connectivity index is 1.66. The highest BCUT2D eigenvalue weighted by Crippen LogP contribution is 2.30. The molecule has 0 aromatic heterocycles. The summed E-state index contributed by atoms with van der Waals surface area (Å²) in [6.07, 6.45) is 0.254. The predicted octanol–water partition coefficient (Wildman–Crippen LogP) is 1.62. The molecule has 0 radical (unpaired) electrons. The van der Waals surface area contributed by atoms with Crippen LogP contribution in [-0.4, -0.2) is 108 Å². The first-order chi connectivity index (χ1) is 14.0. The molecule has 3 atom stereocenters. The maximum absolute atomic E-state index is 13.1. The first-order valence-electron chi connectivity index (χ1n) is 10.9. The number of nitrogens with zero attached hydrogens (tertiary/aromatic N) is 4. The molecule has 3 aliphatic rings. The summed E-state index contributed by atoms with van der Waals surface area (Å²) < 4.78 is 10.5. The number of methoxy groups -OCH3 is 1. The highest BCUT2D eigenvalue weighted by Gasteiger charge is 2.48. The van der Waals surface area contributed by atoms with Gasteiger partial charge in [-0.1, -0.05) is 13.8 Å². The van der Waals surface area contributed by atoms with Crippen LogP contribution in [-0.2, 0) is 14.3 Å². The zero-order chi connectivity index (χ0) is 22.2. The fourth-order valence-corrected chi connectivity index (χ4v) is 4.69. The van der Waals surface area contributed by atoms with E-state index in [1.807, 2.05) is 30.6 Å². The van der Waals surface area contributed by atoms with E-state index in [0.717, 1.165) is 6.54 Å². The first kappa shape index (κ1) is 22.7. The van der Waals surface area contributed by atoms with E-state index in [9.17, 15) is 14.4 Å². The van der Waals surface area contributed by atoms with Crippen LogP contribution in [0.3, 0.4) is 0 Å². The van der Waals surface area contributed by atoms with Crippen LogP contribution in [0.4, 0.5) is 9.59 Å². The molecule has 30 heavy (non-hydrogen) atoms. The molecule has 0 aliphatic carbocycles. The van der Waals surface area contributed by atoms with E-state index in [0.29, 0.717) is 45.1 Å². The summed E-state index contributed by atoms with van der Waals surface area (Å²) in [7, 11) is 1.41. The Labute approximate surface area is 179 Å².